The Morgan fingerprint density at radius 2 is 2.09 bits per heavy atom. The fourth-order valence-electron chi connectivity index (χ4n) is 1.97. The molecular formula is C8H13N3. The van der Waals surface area contributed by atoms with Crippen molar-refractivity contribution in [2.24, 2.45) is 0 Å². The number of piperazine rings is 1. The van der Waals surface area contributed by atoms with Crippen LogP contribution < -0.4 is 0 Å². The van der Waals surface area contributed by atoms with Gasteiger partial charge in [-0.3, -0.25) is 9.80 Å². The zero-order valence-corrected chi connectivity index (χ0v) is 6.66. The molecule has 3 aliphatic heterocycles. The van der Waals surface area contributed by atoms with Gasteiger partial charge in [0.15, 0.2) is 0 Å². The van der Waals surface area contributed by atoms with Crippen LogP contribution in [0.2, 0.25) is 0 Å². The van der Waals surface area contributed by atoms with Crippen LogP contribution in [0.15, 0.2) is 0 Å². The summed E-state index contributed by atoms with van der Waals surface area (Å²) in [5, 5.41) is 8.82. The molecule has 3 fully saturated rings. The molecule has 3 aliphatic rings. The minimum atomic E-state index is 0.172. The Bertz CT molecular complexity index is 180. The lowest BCUT2D eigenvalue weighted by atomic mass is 10.2. The minimum absolute atomic E-state index is 0.172. The van der Waals surface area contributed by atoms with Crippen LogP contribution in [0.4, 0.5) is 0 Å². The van der Waals surface area contributed by atoms with Gasteiger partial charge in [-0.2, -0.15) is 5.26 Å². The number of fused-ring (bicyclic) bond motifs is 4. The average Bonchev–Trinajstić information content (AvgIpc) is 2.37. The van der Waals surface area contributed by atoms with Gasteiger partial charge in [0.1, 0.15) is 6.04 Å². The third kappa shape index (κ3) is 1.24. The fourth-order valence-corrected chi connectivity index (χ4v) is 1.97. The molecule has 11 heavy (non-hydrogen) atoms. The van der Waals surface area contributed by atoms with E-state index in [1.807, 2.05) is 0 Å². The van der Waals surface area contributed by atoms with E-state index in [2.05, 4.69) is 15.9 Å². The van der Waals surface area contributed by atoms with Crippen molar-refractivity contribution in [3.8, 4) is 6.07 Å². The lowest BCUT2D eigenvalue weighted by Crippen LogP contribution is -2.49. The van der Waals surface area contributed by atoms with Crippen molar-refractivity contribution in [3.05, 3.63) is 0 Å². The highest BCUT2D eigenvalue weighted by Crippen LogP contribution is 2.14. The van der Waals surface area contributed by atoms with Crippen molar-refractivity contribution in [2.75, 3.05) is 32.7 Å². The zero-order valence-electron chi connectivity index (χ0n) is 6.66. The molecule has 0 radical (unpaired) electrons. The highest BCUT2D eigenvalue weighted by molar-refractivity contribution is 4.98. The summed E-state index contributed by atoms with van der Waals surface area (Å²) in [6, 6.07) is 2.53. The van der Waals surface area contributed by atoms with Gasteiger partial charge in [-0.15, -0.1) is 0 Å². The van der Waals surface area contributed by atoms with Gasteiger partial charge in [-0.05, 0) is 13.0 Å². The molecule has 0 aromatic carbocycles. The minimum Gasteiger partial charge on any atom is -0.299 e. The molecule has 0 spiro atoms. The maximum Gasteiger partial charge on any atom is 0.111 e. The molecule has 2 bridgehead atoms. The van der Waals surface area contributed by atoms with Crippen LogP contribution in [-0.2, 0) is 0 Å². The largest absolute Gasteiger partial charge is 0.299 e. The van der Waals surface area contributed by atoms with Crippen molar-refractivity contribution in [2.45, 2.75) is 12.5 Å². The van der Waals surface area contributed by atoms with Crippen LogP contribution in [0.25, 0.3) is 0 Å². The summed E-state index contributed by atoms with van der Waals surface area (Å²) < 4.78 is 0. The first-order valence-electron chi connectivity index (χ1n) is 4.26. The highest BCUT2D eigenvalue weighted by Gasteiger charge is 2.28. The van der Waals surface area contributed by atoms with Gasteiger partial charge in [0.05, 0.1) is 6.07 Å². The quantitative estimate of drug-likeness (QED) is 0.484. The van der Waals surface area contributed by atoms with E-state index in [9.17, 15) is 0 Å². The summed E-state index contributed by atoms with van der Waals surface area (Å²) in [5.41, 5.74) is 0. The zero-order chi connectivity index (χ0) is 7.68. The molecule has 3 rings (SSSR count). The second kappa shape index (κ2) is 2.80. The predicted octanol–water partition coefficient (Wildman–Crippen LogP) is -0.100. The van der Waals surface area contributed by atoms with Gasteiger partial charge in [0, 0.05) is 26.2 Å². The van der Waals surface area contributed by atoms with E-state index >= 15 is 0 Å². The number of hydrogen-bond donors (Lipinski definition) is 0. The van der Waals surface area contributed by atoms with E-state index in [0.717, 1.165) is 26.2 Å². The van der Waals surface area contributed by atoms with Gasteiger partial charge in [-0.25, -0.2) is 0 Å². The van der Waals surface area contributed by atoms with Crippen LogP contribution in [0.1, 0.15) is 6.42 Å². The van der Waals surface area contributed by atoms with E-state index in [-0.39, 0.29) is 6.04 Å². The topological polar surface area (TPSA) is 30.3 Å². The maximum atomic E-state index is 8.82. The van der Waals surface area contributed by atoms with E-state index in [1.165, 1.54) is 13.0 Å². The van der Waals surface area contributed by atoms with Crippen molar-refractivity contribution in [1.29, 1.82) is 5.26 Å². The molecule has 2 unspecified atom stereocenters. The first-order chi connectivity index (χ1) is 5.40. The summed E-state index contributed by atoms with van der Waals surface area (Å²) in [5.74, 6) is 0. The molecule has 0 aromatic heterocycles. The molecule has 3 heterocycles. The normalized spacial score (nSPS) is 43.0. The molecule has 0 saturated carbocycles. The summed E-state index contributed by atoms with van der Waals surface area (Å²) in [6.45, 7) is 5.54. The average molecular weight is 151 g/mol. The third-order valence-electron chi connectivity index (χ3n) is 2.64. The molecule has 3 nitrogen and oxygen atoms in total. The molecule has 0 amide bonds. The Morgan fingerprint density at radius 3 is 2.91 bits per heavy atom. The van der Waals surface area contributed by atoms with Crippen LogP contribution in [-0.4, -0.2) is 48.6 Å². The lowest BCUT2D eigenvalue weighted by Gasteiger charge is -2.33. The first kappa shape index (κ1) is 7.08. The van der Waals surface area contributed by atoms with Crippen LogP contribution in [0.5, 0.6) is 0 Å². The number of hydrogen-bond acceptors (Lipinski definition) is 3. The molecule has 0 aliphatic carbocycles. The van der Waals surface area contributed by atoms with E-state index in [0.29, 0.717) is 0 Å². The predicted molar refractivity (Wildman–Crippen MR) is 42.0 cm³/mol. The number of nitriles is 1. The molecule has 3 saturated heterocycles. The van der Waals surface area contributed by atoms with Crippen molar-refractivity contribution < 1.29 is 0 Å². The number of rotatable bonds is 0. The number of nitrogens with zero attached hydrogens (tertiary/aromatic N) is 3. The SMILES string of the molecule is N#C[C@H]1CN2CCCN1CC2. The molecule has 0 aromatic rings. The lowest BCUT2D eigenvalue weighted by molar-refractivity contribution is 0.145. The Labute approximate surface area is 67.2 Å². The van der Waals surface area contributed by atoms with Gasteiger partial charge in [0.2, 0.25) is 0 Å². The Morgan fingerprint density at radius 1 is 1.18 bits per heavy atom. The first-order valence-corrected chi connectivity index (χ1v) is 4.26. The molecule has 0 N–H and O–H groups in total. The highest BCUT2D eigenvalue weighted by atomic mass is 15.3. The maximum absolute atomic E-state index is 8.82. The van der Waals surface area contributed by atoms with Crippen molar-refractivity contribution in [3.63, 3.8) is 0 Å². The van der Waals surface area contributed by atoms with E-state index in [4.69, 9.17) is 5.26 Å². The standard InChI is InChI=1S/C8H13N3/c9-6-8-7-10-2-1-3-11(8)5-4-10/h8H,1-5,7H2/t8-/m0/s1. The smallest absolute Gasteiger partial charge is 0.111 e. The van der Waals surface area contributed by atoms with Gasteiger partial charge < -0.3 is 0 Å². The van der Waals surface area contributed by atoms with Gasteiger partial charge in [-0.1, -0.05) is 0 Å². The van der Waals surface area contributed by atoms with Crippen molar-refractivity contribution in [1.82, 2.24) is 9.80 Å². The monoisotopic (exact) mass is 151 g/mol. The summed E-state index contributed by atoms with van der Waals surface area (Å²) in [4.78, 5) is 4.71. The van der Waals surface area contributed by atoms with Crippen molar-refractivity contribution >= 4 is 0 Å². The Kier molecular flexibility index (Phi) is 1.80. The summed E-state index contributed by atoms with van der Waals surface area (Å²) in [6.07, 6.45) is 1.23. The summed E-state index contributed by atoms with van der Waals surface area (Å²) >= 11 is 0. The van der Waals surface area contributed by atoms with Gasteiger partial charge >= 0.3 is 0 Å². The summed E-state index contributed by atoms with van der Waals surface area (Å²) in [7, 11) is 0. The van der Waals surface area contributed by atoms with E-state index in [1.54, 1.807) is 0 Å². The Balaban J connectivity index is 2.11. The molecular weight excluding hydrogens is 138 g/mol. The van der Waals surface area contributed by atoms with Gasteiger partial charge in [0.25, 0.3) is 0 Å². The fraction of sp³-hybridized carbons (Fsp3) is 0.875. The second-order valence-corrected chi connectivity index (χ2v) is 3.34. The molecule has 3 atom stereocenters. The van der Waals surface area contributed by atoms with Crippen LogP contribution >= 0.6 is 0 Å². The van der Waals surface area contributed by atoms with E-state index < -0.39 is 0 Å². The Hall–Kier alpha value is -0.590. The van der Waals surface area contributed by atoms with Crippen LogP contribution in [0, 0.1) is 11.3 Å². The molecule has 3 heteroatoms. The van der Waals surface area contributed by atoms with Crippen LogP contribution in [0.3, 0.4) is 0 Å². The molecule has 60 valence electrons. The second-order valence-electron chi connectivity index (χ2n) is 3.34. The third-order valence-corrected chi connectivity index (χ3v) is 2.64.